The van der Waals surface area contributed by atoms with Crippen LogP contribution >= 0.6 is 0 Å². The standard InChI is InChI=1S/C14H17NO2/c1-9-5-4-6-11-12(8-15-14(9)11)10(2)7-13(16)17-3/h4-6,8,10,15H,7H2,1-3H3/t10-/m0/s1. The van der Waals surface area contributed by atoms with Gasteiger partial charge in [-0.05, 0) is 24.0 Å². The number of aryl methyl sites for hydroxylation is 1. The minimum absolute atomic E-state index is 0.165. The summed E-state index contributed by atoms with van der Waals surface area (Å²) >= 11 is 0. The highest BCUT2D eigenvalue weighted by molar-refractivity contribution is 5.86. The van der Waals surface area contributed by atoms with E-state index in [0.29, 0.717) is 6.42 Å². The molecule has 3 nitrogen and oxygen atoms in total. The van der Waals surface area contributed by atoms with Crippen LogP contribution in [0, 0.1) is 6.92 Å². The zero-order valence-electron chi connectivity index (χ0n) is 10.4. The highest BCUT2D eigenvalue weighted by atomic mass is 16.5. The average molecular weight is 231 g/mol. The van der Waals surface area contributed by atoms with E-state index in [-0.39, 0.29) is 11.9 Å². The van der Waals surface area contributed by atoms with Gasteiger partial charge in [0.25, 0.3) is 0 Å². The number of aromatic nitrogens is 1. The molecule has 3 heteroatoms. The largest absolute Gasteiger partial charge is 0.469 e. The van der Waals surface area contributed by atoms with Gasteiger partial charge in [-0.1, -0.05) is 25.1 Å². The van der Waals surface area contributed by atoms with Crippen LogP contribution in [0.5, 0.6) is 0 Å². The van der Waals surface area contributed by atoms with Crippen molar-refractivity contribution < 1.29 is 9.53 Å². The highest BCUT2D eigenvalue weighted by Crippen LogP contribution is 2.29. The van der Waals surface area contributed by atoms with Gasteiger partial charge in [0.2, 0.25) is 0 Å². The van der Waals surface area contributed by atoms with Crippen molar-refractivity contribution in [2.75, 3.05) is 7.11 Å². The SMILES string of the molecule is COC(=O)C[C@H](C)c1c[nH]c2c(C)cccc12. The number of carbonyl (C=O) groups is 1. The molecule has 1 aromatic heterocycles. The average Bonchev–Trinajstić information content (AvgIpc) is 2.74. The van der Waals surface area contributed by atoms with Crippen LogP contribution in [0.4, 0.5) is 0 Å². The number of nitrogens with one attached hydrogen (secondary N) is 1. The van der Waals surface area contributed by atoms with Crippen molar-refractivity contribution in [1.29, 1.82) is 0 Å². The predicted octanol–water partition coefficient (Wildman–Crippen LogP) is 3.14. The van der Waals surface area contributed by atoms with Crippen molar-refractivity contribution >= 4 is 16.9 Å². The number of para-hydroxylation sites is 1. The Bertz CT molecular complexity index is 542. The molecule has 0 aliphatic carbocycles. The molecule has 1 N–H and O–H groups in total. The summed E-state index contributed by atoms with van der Waals surface area (Å²) in [4.78, 5) is 14.6. The molecule has 1 atom stereocenters. The second kappa shape index (κ2) is 4.62. The van der Waals surface area contributed by atoms with Crippen LogP contribution in [0.25, 0.3) is 10.9 Å². The maximum absolute atomic E-state index is 11.3. The first kappa shape index (κ1) is 11.7. The van der Waals surface area contributed by atoms with Gasteiger partial charge in [-0.3, -0.25) is 4.79 Å². The molecule has 0 fully saturated rings. The molecule has 0 amide bonds. The zero-order valence-corrected chi connectivity index (χ0v) is 10.4. The van der Waals surface area contributed by atoms with E-state index in [2.05, 4.69) is 24.0 Å². The van der Waals surface area contributed by atoms with Crippen molar-refractivity contribution in [3.8, 4) is 0 Å². The molecular weight excluding hydrogens is 214 g/mol. The summed E-state index contributed by atoms with van der Waals surface area (Å²) in [7, 11) is 1.43. The van der Waals surface area contributed by atoms with Crippen LogP contribution < -0.4 is 0 Å². The van der Waals surface area contributed by atoms with Crippen LogP contribution in [0.1, 0.15) is 30.4 Å². The number of ether oxygens (including phenoxy) is 1. The molecule has 0 aliphatic heterocycles. The molecule has 0 saturated carbocycles. The molecule has 0 unspecified atom stereocenters. The van der Waals surface area contributed by atoms with E-state index in [1.165, 1.54) is 23.6 Å². The Balaban J connectivity index is 2.36. The predicted molar refractivity (Wildman–Crippen MR) is 68.1 cm³/mol. The quantitative estimate of drug-likeness (QED) is 0.824. The fourth-order valence-corrected chi connectivity index (χ4v) is 2.18. The number of esters is 1. The molecule has 0 bridgehead atoms. The second-order valence-corrected chi connectivity index (χ2v) is 4.42. The lowest BCUT2D eigenvalue weighted by molar-refractivity contribution is -0.140. The summed E-state index contributed by atoms with van der Waals surface area (Å²) in [6, 6.07) is 6.20. The number of benzene rings is 1. The number of methoxy groups -OCH3 is 1. The van der Waals surface area contributed by atoms with Gasteiger partial charge in [-0.15, -0.1) is 0 Å². The lowest BCUT2D eigenvalue weighted by atomic mass is 9.97. The number of rotatable bonds is 3. The van der Waals surface area contributed by atoms with Gasteiger partial charge in [-0.25, -0.2) is 0 Å². The number of aromatic amines is 1. The van der Waals surface area contributed by atoms with E-state index in [1.54, 1.807) is 0 Å². The normalized spacial score (nSPS) is 12.6. The van der Waals surface area contributed by atoms with Crippen molar-refractivity contribution in [2.24, 2.45) is 0 Å². The van der Waals surface area contributed by atoms with E-state index >= 15 is 0 Å². The Labute approximate surface area is 101 Å². The molecule has 17 heavy (non-hydrogen) atoms. The molecule has 0 radical (unpaired) electrons. The highest BCUT2D eigenvalue weighted by Gasteiger charge is 2.15. The van der Waals surface area contributed by atoms with Crippen molar-refractivity contribution in [3.05, 3.63) is 35.5 Å². The molecular formula is C14H17NO2. The smallest absolute Gasteiger partial charge is 0.306 e. The molecule has 1 heterocycles. The van der Waals surface area contributed by atoms with Crippen LogP contribution in [0.3, 0.4) is 0 Å². The maximum Gasteiger partial charge on any atom is 0.306 e. The number of fused-ring (bicyclic) bond motifs is 1. The van der Waals surface area contributed by atoms with Gasteiger partial charge in [0.1, 0.15) is 0 Å². The first-order chi connectivity index (χ1) is 8.13. The number of H-pyrrole nitrogens is 1. The van der Waals surface area contributed by atoms with Crippen LogP contribution in [-0.2, 0) is 9.53 Å². The summed E-state index contributed by atoms with van der Waals surface area (Å²) < 4.78 is 4.71. The fourth-order valence-electron chi connectivity index (χ4n) is 2.18. The Morgan fingerprint density at radius 1 is 1.47 bits per heavy atom. The minimum Gasteiger partial charge on any atom is -0.469 e. The third-order valence-corrected chi connectivity index (χ3v) is 3.19. The number of carbonyl (C=O) groups excluding carboxylic acids is 1. The minimum atomic E-state index is -0.167. The van der Waals surface area contributed by atoms with E-state index < -0.39 is 0 Å². The van der Waals surface area contributed by atoms with Gasteiger partial charge in [0.05, 0.1) is 13.5 Å². The molecule has 0 aliphatic rings. The van der Waals surface area contributed by atoms with E-state index in [4.69, 9.17) is 4.74 Å². The Kier molecular flexibility index (Phi) is 3.18. The molecule has 1 aromatic carbocycles. The Hall–Kier alpha value is -1.77. The summed E-state index contributed by atoms with van der Waals surface area (Å²) in [5, 5.41) is 1.20. The number of hydrogen-bond acceptors (Lipinski definition) is 2. The third kappa shape index (κ3) is 2.18. The van der Waals surface area contributed by atoms with Gasteiger partial charge in [-0.2, -0.15) is 0 Å². The fraction of sp³-hybridized carbons (Fsp3) is 0.357. The molecule has 2 rings (SSSR count). The monoisotopic (exact) mass is 231 g/mol. The lowest BCUT2D eigenvalue weighted by Crippen LogP contribution is -2.05. The van der Waals surface area contributed by atoms with Crippen LogP contribution in [0.15, 0.2) is 24.4 Å². The molecule has 0 saturated heterocycles. The van der Waals surface area contributed by atoms with Gasteiger partial charge in [0.15, 0.2) is 0 Å². The topological polar surface area (TPSA) is 42.1 Å². The first-order valence-electron chi connectivity index (χ1n) is 5.77. The summed E-state index contributed by atoms with van der Waals surface area (Å²) in [6.45, 7) is 4.12. The van der Waals surface area contributed by atoms with Crippen LogP contribution in [-0.4, -0.2) is 18.1 Å². The Morgan fingerprint density at radius 2 is 2.24 bits per heavy atom. The first-order valence-corrected chi connectivity index (χ1v) is 5.77. The second-order valence-electron chi connectivity index (χ2n) is 4.42. The Morgan fingerprint density at radius 3 is 2.94 bits per heavy atom. The van der Waals surface area contributed by atoms with Gasteiger partial charge >= 0.3 is 5.97 Å². The van der Waals surface area contributed by atoms with Crippen molar-refractivity contribution in [3.63, 3.8) is 0 Å². The van der Waals surface area contributed by atoms with E-state index in [9.17, 15) is 4.79 Å². The van der Waals surface area contributed by atoms with Gasteiger partial charge < -0.3 is 9.72 Å². The molecule has 2 aromatic rings. The van der Waals surface area contributed by atoms with Crippen molar-refractivity contribution in [2.45, 2.75) is 26.2 Å². The van der Waals surface area contributed by atoms with E-state index in [1.807, 2.05) is 19.2 Å². The van der Waals surface area contributed by atoms with E-state index in [0.717, 1.165) is 5.52 Å². The van der Waals surface area contributed by atoms with Gasteiger partial charge in [0, 0.05) is 17.1 Å². The zero-order chi connectivity index (χ0) is 12.4. The maximum atomic E-state index is 11.3. The lowest BCUT2D eigenvalue weighted by Gasteiger charge is -2.09. The third-order valence-electron chi connectivity index (χ3n) is 3.19. The molecule has 0 spiro atoms. The van der Waals surface area contributed by atoms with Crippen molar-refractivity contribution in [1.82, 2.24) is 4.98 Å². The molecule has 90 valence electrons. The van der Waals surface area contributed by atoms with Crippen LogP contribution in [0.2, 0.25) is 0 Å². The summed E-state index contributed by atoms with van der Waals surface area (Å²) in [6.07, 6.45) is 2.41. The summed E-state index contributed by atoms with van der Waals surface area (Å²) in [5.41, 5.74) is 3.55. The summed E-state index contributed by atoms with van der Waals surface area (Å²) in [5.74, 6) is -0.00231. The number of hydrogen-bond donors (Lipinski definition) is 1.